The Hall–Kier alpha value is -0.900. The van der Waals surface area contributed by atoms with E-state index < -0.39 is 5.82 Å². The molecule has 0 aliphatic rings. The number of hydrogen-bond acceptors (Lipinski definition) is 2. The minimum atomic E-state index is -0.603. The van der Waals surface area contributed by atoms with E-state index in [0.717, 1.165) is 4.47 Å². The molecule has 0 N–H and O–H groups in total. The lowest BCUT2D eigenvalue weighted by atomic mass is 10.2. The highest BCUT2D eigenvalue weighted by molar-refractivity contribution is 9.11. The van der Waals surface area contributed by atoms with Crippen LogP contribution in [0.3, 0.4) is 0 Å². The Kier molecular flexibility index (Phi) is 4.61. The molecule has 0 atom stereocenters. The van der Waals surface area contributed by atoms with E-state index in [0.29, 0.717) is 10.2 Å². The summed E-state index contributed by atoms with van der Waals surface area (Å²) in [6, 6.07) is 10.1. The highest BCUT2D eigenvalue weighted by atomic mass is 79.9. The van der Waals surface area contributed by atoms with Gasteiger partial charge in [-0.3, -0.25) is 0 Å². The van der Waals surface area contributed by atoms with Crippen molar-refractivity contribution < 1.29 is 9.13 Å². The fourth-order valence-corrected chi connectivity index (χ4v) is 2.92. The van der Waals surface area contributed by atoms with Gasteiger partial charge < -0.3 is 4.74 Å². The first-order valence-corrected chi connectivity index (χ1v) is 7.42. The molecule has 2 aromatic rings. The first-order chi connectivity index (χ1) is 9.02. The zero-order chi connectivity index (χ0) is 14.0. The van der Waals surface area contributed by atoms with Crippen LogP contribution in [0, 0.1) is 17.1 Å². The lowest BCUT2D eigenvalue weighted by molar-refractivity contribution is 0.438. The summed E-state index contributed by atoms with van der Waals surface area (Å²) < 4.78 is 21.2. The zero-order valence-corrected chi connectivity index (χ0v) is 14.0. The maximum Gasteiger partial charge on any atom is 0.181 e. The molecule has 6 heteroatoms. The van der Waals surface area contributed by atoms with E-state index in [2.05, 4.69) is 47.8 Å². The van der Waals surface area contributed by atoms with Gasteiger partial charge in [-0.2, -0.15) is 5.26 Å². The van der Waals surface area contributed by atoms with Gasteiger partial charge in [0.1, 0.15) is 11.8 Å². The number of ether oxygens (including phenoxy) is 1. The standard InChI is InChI=1S/C13H5Br3FNO/c14-8-2-4-10(9(15)5-8)19-11-3-1-7(6-18)12(16)13(11)17/h1-5H. The average Bonchev–Trinajstić information content (AvgIpc) is 2.38. The molecule has 0 aromatic heterocycles. The van der Waals surface area contributed by atoms with Gasteiger partial charge >= 0.3 is 0 Å². The fourth-order valence-electron chi connectivity index (χ4n) is 1.37. The van der Waals surface area contributed by atoms with Crippen LogP contribution in [0.5, 0.6) is 11.5 Å². The Morgan fingerprint density at radius 2 is 1.74 bits per heavy atom. The molecule has 2 rings (SSSR count). The van der Waals surface area contributed by atoms with Crippen LogP contribution in [-0.2, 0) is 0 Å². The third kappa shape index (κ3) is 3.16. The van der Waals surface area contributed by atoms with Crippen molar-refractivity contribution in [2.45, 2.75) is 0 Å². The van der Waals surface area contributed by atoms with E-state index in [-0.39, 0.29) is 15.8 Å². The molecule has 2 nitrogen and oxygen atoms in total. The number of nitrogens with zero attached hydrogens (tertiary/aromatic N) is 1. The van der Waals surface area contributed by atoms with Gasteiger partial charge in [0.25, 0.3) is 0 Å². The van der Waals surface area contributed by atoms with E-state index in [1.165, 1.54) is 12.1 Å². The fraction of sp³-hybridized carbons (Fsp3) is 0. The molecule has 0 spiro atoms. The predicted molar refractivity (Wildman–Crippen MR) is 80.7 cm³/mol. The highest BCUT2D eigenvalue weighted by Crippen LogP contribution is 2.35. The minimum Gasteiger partial charge on any atom is -0.453 e. The summed E-state index contributed by atoms with van der Waals surface area (Å²) in [6.07, 6.45) is 0. The van der Waals surface area contributed by atoms with Crippen molar-refractivity contribution in [1.29, 1.82) is 5.26 Å². The molecule has 2 aromatic carbocycles. The first-order valence-electron chi connectivity index (χ1n) is 5.04. The monoisotopic (exact) mass is 447 g/mol. The van der Waals surface area contributed by atoms with Crippen molar-refractivity contribution >= 4 is 47.8 Å². The molecule has 0 fully saturated rings. The summed E-state index contributed by atoms with van der Waals surface area (Å²) in [7, 11) is 0. The van der Waals surface area contributed by atoms with Crippen molar-refractivity contribution in [3.63, 3.8) is 0 Å². The summed E-state index contributed by atoms with van der Waals surface area (Å²) in [6.45, 7) is 0. The summed E-state index contributed by atoms with van der Waals surface area (Å²) in [5.74, 6) is -0.0681. The first kappa shape index (κ1) is 14.5. The van der Waals surface area contributed by atoms with Gasteiger partial charge in [-0.15, -0.1) is 0 Å². The normalized spacial score (nSPS) is 10.1. The minimum absolute atomic E-state index is 0.0499. The number of nitriles is 1. The second-order valence-electron chi connectivity index (χ2n) is 3.53. The Labute approximate surface area is 134 Å². The molecular weight excluding hydrogens is 445 g/mol. The van der Waals surface area contributed by atoms with Gasteiger partial charge in [-0.05, 0) is 62.2 Å². The lowest BCUT2D eigenvalue weighted by Crippen LogP contribution is -1.92. The number of halogens is 4. The van der Waals surface area contributed by atoms with Gasteiger partial charge in [-0.25, -0.2) is 4.39 Å². The predicted octanol–water partition coefficient (Wildman–Crippen LogP) is 5.78. The second-order valence-corrected chi connectivity index (χ2v) is 6.09. The molecule has 96 valence electrons. The summed E-state index contributed by atoms with van der Waals surface area (Å²) in [5.41, 5.74) is 0.222. The van der Waals surface area contributed by atoms with E-state index in [1.807, 2.05) is 6.07 Å². The van der Waals surface area contributed by atoms with Crippen LogP contribution >= 0.6 is 47.8 Å². The van der Waals surface area contributed by atoms with Crippen molar-refractivity contribution in [3.05, 3.63) is 55.1 Å². The van der Waals surface area contributed by atoms with Gasteiger partial charge in [0.05, 0.1) is 14.5 Å². The Balaban J connectivity index is 2.39. The van der Waals surface area contributed by atoms with E-state index in [9.17, 15) is 4.39 Å². The summed E-state index contributed by atoms with van der Waals surface area (Å²) in [4.78, 5) is 0. The topological polar surface area (TPSA) is 33.0 Å². The summed E-state index contributed by atoms with van der Waals surface area (Å²) >= 11 is 9.70. The third-order valence-corrected chi connectivity index (χ3v) is 4.17. The molecule has 0 saturated heterocycles. The number of rotatable bonds is 2. The van der Waals surface area contributed by atoms with Crippen molar-refractivity contribution in [2.24, 2.45) is 0 Å². The summed E-state index contributed by atoms with van der Waals surface area (Å²) in [5, 5.41) is 8.80. The molecule has 0 heterocycles. The van der Waals surface area contributed by atoms with Crippen LogP contribution < -0.4 is 4.74 Å². The largest absolute Gasteiger partial charge is 0.453 e. The maximum absolute atomic E-state index is 14.0. The smallest absolute Gasteiger partial charge is 0.181 e. The number of hydrogen-bond donors (Lipinski definition) is 0. The van der Waals surface area contributed by atoms with Crippen LogP contribution in [0.1, 0.15) is 5.56 Å². The van der Waals surface area contributed by atoms with Crippen LogP contribution in [0.2, 0.25) is 0 Å². The molecule has 0 radical (unpaired) electrons. The Morgan fingerprint density at radius 1 is 1.05 bits per heavy atom. The average molecular weight is 450 g/mol. The number of benzene rings is 2. The highest BCUT2D eigenvalue weighted by Gasteiger charge is 2.14. The van der Waals surface area contributed by atoms with Crippen LogP contribution in [-0.4, -0.2) is 0 Å². The molecule has 0 amide bonds. The van der Waals surface area contributed by atoms with Gasteiger partial charge in [0.2, 0.25) is 0 Å². The molecule has 0 bridgehead atoms. The Bertz CT molecular complexity index is 682. The van der Waals surface area contributed by atoms with Crippen molar-refractivity contribution in [2.75, 3.05) is 0 Å². The van der Waals surface area contributed by atoms with Gasteiger partial charge in [-0.1, -0.05) is 15.9 Å². The van der Waals surface area contributed by atoms with Crippen LogP contribution in [0.25, 0.3) is 0 Å². The molecule has 0 saturated carbocycles. The quantitative estimate of drug-likeness (QED) is 0.582. The SMILES string of the molecule is N#Cc1ccc(Oc2ccc(Br)cc2Br)c(F)c1Br. The van der Waals surface area contributed by atoms with E-state index in [4.69, 9.17) is 10.00 Å². The van der Waals surface area contributed by atoms with Crippen molar-refractivity contribution in [3.8, 4) is 17.6 Å². The third-order valence-electron chi connectivity index (χ3n) is 2.28. The Morgan fingerprint density at radius 3 is 2.37 bits per heavy atom. The van der Waals surface area contributed by atoms with Crippen molar-refractivity contribution in [1.82, 2.24) is 0 Å². The zero-order valence-electron chi connectivity index (χ0n) is 9.25. The maximum atomic E-state index is 14.0. The second kappa shape index (κ2) is 6.04. The van der Waals surface area contributed by atoms with Crippen LogP contribution in [0.15, 0.2) is 43.7 Å². The van der Waals surface area contributed by atoms with E-state index >= 15 is 0 Å². The van der Waals surface area contributed by atoms with Gasteiger partial charge in [0.15, 0.2) is 11.6 Å². The molecule has 0 aliphatic heterocycles. The van der Waals surface area contributed by atoms with E-state index in [1.54, 1.807) is 18.2 Å². The lowest BCUT2D eigenvalue weighted by Gasteiger charge is -2.10. The molecule has 0 aliphatic carbocycles. The van der Waals surface area contributed by atoms with Gasteiger partial charge in [0, 0.05) is 4.47 Å². The molecule has 0 unspecified atom stereocenters. The molecular formula is C13H5Br3FNO. The van der Waals surface area contributed by atoms with Crippen LogP contribution in [0.4, 0.5) is 4.39 Å². The molecule has 19 heavy (non-hydrogen) atoms.